The van der Waals surface area contributed by atoms with Crippen molar-refractivity contribution < 1.29 is 0 Å². The van der Waals surface area contributed by atoms with Crippen molar-refractivity contribution in [2.75, 3.05) is 0 Å². The van der Waals surface area contributed by atoms with Gasteiger partial charge in [-0.2, -0.15) is 0 Å². The third-order valence-electron chi connectivity index (χ3n) is 9.91. The second-order valence-corrected chi connectivity index (χ2v) is 13.7. The van der Waals surface area contributed by atoms with Crippen molar-refractivity contribution >= 4 is 64.6 Å². The van der Waals surface area contributed by atoms with Crippen molar-refractivity contribution in [1.29, 1.82) is 0 Å². The predicted molar refractivity (Wildman–Crippen MR) is 201 cm³/mol. The van der Waals surface area contributed by atoms with Crippen molar-refractivity contribution in [3.8, 4) is 22.3 Å². The van der Waals surface area contributed by atoms with E-state index in [4.69, 9.17) is 0 Å². The second-order valence-electron chi connectivity index (χ2n) is 13.7. The van der Waals surface area contributed by atoms with Crippen molar-refractivity contribution in [2.24, 2.45) is 0 Å². The molecule has 9 rings (SSSR count). The van der Waals surface area contributed by atoms with Crippen LogP contribution in [0.5, 0.6) is 0 Å². The van der Waals surface area contributed by atoms with E-state index in [1.54, 1.807) is 0 Å². The predicted octanol–water partition coefficient (Wildman–Crippen LogP) is 13.2. The van der Waals surface area contributed by atoms with E-state index in [1.807, 2.05) is 0 Å². The van der Waals surface area contributed by atoms with Crippen molar-refractivity contribution in [1.82, 2.24) is 0 Å². The topological polar surface area (TPSA) is 0 Å². The zero-order valence-corrected chi connectivity index (χ0v) is 26.4. The minimum absolute atomic E-state index is 0.0144. The molecule has 0 aliphatic rings. The van der Waals surface area contributed by atoms with Crippen LogP contribution >= 0.6 is 0 Å². The van der Waals surface area contributed by atoms with E-state index in [0.717, 1.165) is 0 Å². The van der Waals surface area contributed by atoms with Gasteiger partial charge in [0.1, 0.15) is 0 Å². The number of fused-ring (bicyclic) bond motifs is 8. The number of hydrogen-bond donors (Lipinski definition) is 0. The summed E-state index contributed by atoms with van der Waals surface area (Å²) in [5.74, 6) is 0. The van der Waals surface area contributed by atoms with Crippen LogP contribution in [0.4, 0.5) is 0 Å². The monoisotopic (exact) mass is 586 g/mol. The molecule has 0 heterocycles. The molecule has 0 nitrogen and oxygen atoms in total. The fourth-order valence-electron chi connectivity index (χ4n) is 7.88. The Morgan fingerprint density at radius 2 is 0.826 bits per heavy atom. The van der Waals surface area contributed by atoms with Gasteiger partial charge < -0.3 is 0 Å². The van der Waals surface area contributed by atoms with Crippen LogP contribution in [0.2, 0.25) is 0 Å². The normalized spacial score (nSPS) is 12.2. The van der Waals surface area contributed by atoms with Gasteiger partial charge in [0.05, 0.1) is 0 Å². The first-order chi connectivity index (χ1) is 22.5. The lowest BCUT2D eigenvalue weighted by atomic mass is 9.79. The highest BCUT2D eigenvalue weighted by molar-refractivity contribution is 6.29. The molecule has 0 heteroatoms. The lowest BCUT2D eigenvalue weighted by Gasteiger charge is -2.24. The van der Waals surface area contributed by atoms with E-state index in [-0.39, 0.29) is 5.41 Å². The Kier molecular flexibility index (Phi) is 5.86. The van der Waals surface area contributed by atoms with Crippen LogP contribution in [0.1, 0.15) is 26.3 Å². The number of rotatable bonds is 2. The van der Waals surface area contributed by atoms with Crippen LogP contribution in [-0.4, -0.2) is 0 Å². The second kappa shape index (κ2) is 10.0. The number of hydrogen-bond acceptors (Lipinski definition) is 0. The average molecular weight is 587 g/mol. The first kappa shape index (κ1) is 26.9. The molecule has 0 saturated carbocycles. The van der Waals surface area contributed by atoms with Crippen molar-refractivity contribution in [3.63, 3.8) is 0 Å². The molecule has 0 aliphatic heterocycles. The van der Waals surface area contributed by atoms with E-state index < -0.39 is 0 Å². The minimum atomic E-state index is 0.0144. The third kappa shape index (κ3) is 4.00. The Bertz CT molecular complexity index is 2610. The van der Waals surface area contributed by atoms with Gasteiger partial charge in [0.15, 0.2) is 0 Å². The van der Waals surface area contributed by atoms with Crippen LogP contribution in [0, 0.1) is 0 Å². The van der Waals surface area contributed by atoms with Gasteiger partial charge in [0.2, 0.25) is 0 Å². The number of benzene rings is 9. The summed E-state index contributed by atoms with van der Waals surface area (Å²) in [5, 5.41) is 15.6. The van der Waals surface area contributed by atoms with Gasteiger partial charge in [-0.05, 0) is 116 Å². The molecule has 0 fully saturated rings. The van der Waals surface area contributed by atoms with E-state index in [1.165, 1.54) is 92.5 Å². The van der Waals surface area contributed by atoms with Crippen LogP contribution in [0.3, 0.4) is 0 Å². The van der Waals surface area contributed by atoms with Crippen LogP contribution in [0.25, 0.3) is 86.9 Å². The van der Waals surface area contributed by atoms with E-state index in [0.29, 0.717) is 0 Å². The maximum atomic E-state index is 2.48. The molecule has 0 amide bonds. The highest BCUT2D eigenvalue weighted by atomic mass is 14.3. The Balaban J connectivity index is 1.45. The SMILES string of the molecule is CC(C)(C)c1cc2cc(-c3c4ccccc4c(-c4ccc5ccccc5c4)c4ccccc34)c3ccccc3c2c2ccccc12. The molecular formula is C46H34. The minimum Gasteiger partial charge on any atom is -0.0616 e. The maximum absolute atomic E-state index is 2.48. The molecule has 9 aromatic carbocycles. The summed E-state index contributed by atoms with van der Waals surface area (Å²) in [6, 6.07) is 56.5. The lowest BCUT2D eigenvalue weighted by Crippen LogP contribution is -2.11. The highest BCUT2D eigenvalue weighted by Gasteiger charge is 2.22. The summed E-state index contributed by atoms with van der Waals surface area (Å²) >= 11 is 0. The Hall–Kier alpha value is -5.46. The fraction of sp³-hybridized carbons (Fsp3) is 0.0870. The Labute approximate surface area is 269 Å². The molecule has 0 aromatic heterocycles. The summed E-state index contributed by atoms with van der Waals surface area (Å²) in [7, 11) is 0. The molecule has 0 radical (unpaired) electrons. The standard InChI is InChI=1S/C46H34/c1-46(2,3)42-28-32-27-41(33-16-6-8-18-35(33)44(32)36-19-9-7-17-34(36)42)45-39-22-12-10-20-37(39)43(38-21-11-13-23-40(38)45)31-25-24-29-14-4-5-15-30(29)26-31/h4-28H,1-3H3. The quantitative estimate of drug-likeness (QED) is 0.140. The molecule has 9 aromatic rings. The van der Waals surface area contributed by atoms with Gasteiger partial charge in [0.25, 0.3) is 0 Å². The molecule has 0 N–H and O–H groups in total. The van der Waals surface area contributed by atoms with Gasteiger partial charge in [-0.3, -0.25) is 0 Å². The molecule has 0 spiro atoms. The van der Waals surface area contributed by atoms with Gasteiger partial charge >= 0.3 is 0 Å². The Morgan fingerprint density at radius 1 is 0.348 bits per heavy atom. The van der Waals surface area contributed by atoms with E-state index in [9.17, 15) is 0 Å². The van der Waals surface area contributed by atoms with Gasteiger partial charge in [0, 0.05) is 0 Å². The smallest absolute Gasteiger partial charge is 0.00199 e. The molecule has 0 atom stereocenters. The summed E-state index contributed by atoms with van der Waals surface area (Å²) in [6.07, 6.45) is 0. The maximum Gasteiger partial charge on any atom is -0.00199 e. The zero-order chi connectivity index (χ0) is 31.0. The summed E-state index contributed by atoms with van der Waals surface area (Å²) in [4.78, 5) is 0. The summed E-state index contributed by atoms with van der Waals surface area (Å²) < 4.78 is 0. The third-order valence-corrected chi connectivity index (χ3v) is 9.91. The summed E-state index contributed by atoms with van der Waals surface area (Å²) in [5.41, 5.74) is 6.54. The molecular weight excluding hydrogens is 553 g/mol. The van der Waals surface area contributed by atoms with Crippen LogP contribution in [-0.2, 0) is 5.41 Å². The average Bonchev–Trinajstić information content (AvgIpc) is 3.09. The molecule has 46 heavy (non-hydrogen) atoms. The van der Waals surface area contributed by atoms with Crippen LogP contribution in [0.15, 0.2) is 152 Å². The summed E-state index contributed by atoms with van der Waals surface area (Å²) in [6.45, 7) is 6.99. The van der Waals surface area contributed by atoms with Crippen molar-refractivity contribution in [3.05, 3.63) is 157 Å². The van der Waals surface area contributed by atoms with E-state index in [2.05, 4.69) is 172 Å². The van der Waals surface area contributed by atoms with Gasteiger partial charge in [-0.1, -0.05) is 154 Å². The van der Waals surface area contributed by atoms with Crippen LogP contribution < -0.4 is 0 Å². The highest BCUT2D eigenvalue weighted by Crippen LogP contribution is 2.48. The Morgan fingerprint density at radius 3 is 1.43 bits per heavy atom. The zero-order valence-electron chi connectivity index (χ0n) is 26.4. The lowest BCUT2D eigenvalue weighted by molar-refractivity contribution is 0.596. The largest absolute Gasteiger partial charge is 0.0616 e. The first-order valence-corrected chi connectivity index (χ1v) is 16.3. The molecule has 0 bridgehead atoms. The molecule has 218 valence electrons. The fourth-order valence-corrected chi connectivity index (χ4v) is 7.88. The first-order valence-electron chi connectivity index (χ1n) is 16.3. The van der Waals surface area contributed by atoms with Crippen molar-refractivity contribution in [2.45, 2.75) is 26.2 Å². The molecule has 0 aliphatic carbocycles. The van der Waals surface area contributed by atoms with Gasteiger partial charge in [-0.15, -0.1) is 0 Å². The molecule has 0 saturated heterocycles. The van der Waals surface area contributed by atoms with E-state index >= 15 is 0 Å². The molecule has 0 unspecified atom stereocenters. The van der Waals surface area contributed by atoms with Gasteiger partial charge in [-0.25, -0.2) is 0 Å².